The Balaban J connectivity index is 1.67. The van der Waals surface area contributed by atoms with E-state index in [4.69, 9.17) is 4.42 Å². The Morgan fingerprint density at radius 2 is 1.45 bits per heavy atom. The molecule has 0 radical (unpaired) electrons. The van der Waals surface area contributed by atoms with Crippen molar-refractivity contribution in [2.45, 2.75) is 26.6 Å². The first kappa shape index (κ1) is 20.6. The highest BCUT2D eigenvalue weighted by atomic mass is 16.4. The molecule has 5 heteroatoms. The van der Waals surface area contributed by atoms with Gasteiger partial charge in [0.2, 0.25) is 5.91 Å². The minimum atomic E-state index is -0.401. The second-order valence-corrected chi connectivity index (χ2v) is 7.60. The predicted octanol–water partition coefficient (Wildman–Crippen LogP) is 4.95. The molecule has 0 aliphatic rings. The van der Waals surface area contributed by atoms with Crippen LogP contribution in [0.4, 0.5) is 5.69 Å². The zero-order valence-corrected chi connectivity index (χ0v) is 17.4. The normalized spacial score (nSPS) is 11.0. The molecule has 0 atom stereocenters. The van der Waals surface area contributed by atoms with Crippen molar-refractivity contribution in [3.05, 3.63) is 112 Å². The van der Waals surface area contributed by atoms with Gasteiger partial charge in [0.25, 0.3) is 0 Å². The molecule has 0 spiro atoms. The Morgan fingerprint density at radius 1 is 0.839 bits per heavy atom. The number of hydrogen-bond acceptors (Lipinski definition) is 4. The standard InChI is InChI=1S/C26H24N2O3/c1-19(29)27-23-12-13-24-22(14-26(30)31-25(24)15-23)18-28(16-20-8-4-2-5-9-20)17-21-10-6-3-7-11-21/h2-15H,16-18H2,1H3,(H,27,29). The average molecular weight is 412 g/mol. The third kappa shape index (κ3) is 5.47. The van der Waals surface area contributed by atoms with Crippen molar-refractivity contribution >= 4 is 22.6 Å². The minimum Gasteiger partial charge on any atom is -0.423 e. The first-order chi connectivity index (χ1) is 15.1. The van der Waals surface area contributed by atoms with Crippen LogP contribution in [0.15, 0.2) is 94.1 Å². The van der Waals surface area contributed by atoms with E-state index in [2.05, 4.69) is 34.5 Å². The highest BCUT2D eigenvalue weighted by molar-refractivity contribution is 5.92. The van der Waals surface area contributed by atoms with E-state index in [1.807, 2.05) is 48.5 Å². The first-order valence-electron chi connectivity index (χ1n) is 10.2. The summed E-state index contributed by atoms with van der Waals surface area (Å²) in [5, 5.41) is 3.59. The van der Waals surface area contributed by atoms with Crippen molar-refractivity contribution in [2.24, 2.45) is 0 Å². The number of hydrogen-bond donors (Lipinski definition) is 1. The lowest BCUT2D eigenvalue weighted by Gasteiger charge is -2.23. The fourth-order valence-electron chi connectivity index (χ4n) is 3.73. The van der Waals surface area contributed by atoms with Crippen molar-refractivity contribution in [2.75, 3.05) is 5.32 Å². The summed E-state index contributed by atoms with van der Waals surface area (Å²) in [6, 6.07) is 27.5. The topological polar surface area (TPSA) is 62.6 Å². The smallest absolute Gasteiger partial charge is 0.336 e. The fraction of sp³-hybridized carbons (Fsp3) is 0.154. The number of amides is 1. The maximum atomic E-state index is 12.3. The van der Waals surface area contributed by atoms with Crippen LogP contribution in [-0.4, -0.2) is 10.8 Å². The van der Waals surface area contributed by atoms with Gasteiger partial charge in [-0.1, -0.05) is 60.7 Å². The van der Waals surface area contributed by atoms with Gasteiger partial charge in [-0.3, -0.25) is 9.69 Å². The number of nitrogens with one attached hydrogen (secondary N) is 1. The number of anilines is 1. The molecule has 0 saturated carbocycles. The third-order valence-electron chi connectivity index (χ3n) is 5.04. The molecule has 0 fully saturated rings. The van der Waals surface area contributed by atoms with Gasteiger partial charge in [0.1, 0.15) is 5.58 Å². The Morgan fingerprint density at radius 3 is 2.03 bits per heavy atom. The predicted molar refractivity (Wildman–Crippen MR) is 123 cm³/mol. The average Bonchev–Trinajstić information content (AvgIpc) is 2.74. The number of carbonyl (C=O) groups is 1. The van der Waals surface area contributed by atoms with Crippen LogP contribution in [0.1, 0.15) is 23.6 Å². The van der Waals surface area contributed by atoms with Crippen molar-refractivity contribution in [3.63, 3.8) is 0 Å². The maximum absolute atomic E-state index is 12.3. The summed E-state index contributed by atoms with van der Waals surface area (Å²) in [7, 11) is 0. The summed E-state index contributed by atoms with van der Waals surface area (Å²) in [4.78, 5) is 25.9. The van der Waals surface area contributed by atoms with Crippen molar-refractivity contribution in [1.29, 1.82) is 0 Å². The zero-order valence-electron chi connectivity index (χ0n) is 17.4. The summed E-state index contributed by atoms with van der Waals surface area (Å²) in [6.45, 7) is 3.54. The van der Waals surface area contributed by atoms with E-state index in [0.717, 1.165) is 24.0 Å². The Bertz CT molecular complexity index is 1190. The molecule has 4 aromatic rings. The Kier molecular flexibility index (Phi) is 6.24. The summed E-state index contributed by atoms with van der Waals surface area (Å²) in [5.41, 5.74) is 3.98. The molecule has 156 valence electrons. The van der Waals surface area contributed by atoms with Crippen molar-refractivity contribution < 1.29 is 9.21 Å². The van der Waals surface area contributed by atoms with Crippen molar-refractivity contribution in [3.8, 4) is 0 Å². The van der Waals surface area contributed by atoms with E-state index >= 15 is 0 Å². The molecule has 5 nitrogen and oxygen atoms in total. The SMILES string of the molecule is CC(=O)Nc1ccc2c(CN(Cc3ccccc3)Cc3ccccc3)cc(=O)oc2c1. The number of nitrogens with zero attached hydrogens (tertiary/aromatic N) is 1. The van der Waals surface area contributed by atoms with Gasteiger partial charge in [0.05, 0.1) is 0 Å². The van der Waals surface area contributed by atoms with Crippen LogP contribution in [0.3, 0.4) is 0 Å². The highest BCUT2D eigenvalue weighted by Crippen LogP contribution is 2.24. The van der Waals surface area contributed by atoms with E-state index in [9.17, 15) is 9.59 Å². The van der Waals surface area contributed by atoms with Crippen LogP contribution in [0.5, 0.6) is 0 Å². The van der Waals surface area contributed by atoms with Crippen LogP contribution in [0.25, 0.3) is 11.0 Å². The molecule has 3 aromatic carbocycles. The summed E-state index contributed by atoms with van der Waals surface area (Å²) in [6.07, 6.45) is 0. The highest BCUT2D eigenvalue weighted by Gasteiger charge is 2.13. The Hall–Kier alpha value is -3.70. The lowest BCUT2D eigenvalue weighted by atomic mass is 10.1. The van der Waals surface area contributed by atoms with Crippen LogP contribution in [-0.2, 0) is 24.4 Å². The summed E-state index contributed by atoms with van der Waals surface area (Å²) in [5.74, 6) is -0.172. The second-order valence-electron chi connectivity index (χ2n) is 7.60. The molecule has 1 amide bonds. The molecule has 0 unspecified atom stereocenters. The van der Waals surface area contributed by atoms with Gasteiger partial charge in [-0.05, 0) is 28.8 Å². The molecule has 31 heavy (non-hydrogen) atoms. The van der Waals surface area contributed by atoms with Crippen molar-refractivity contribution in [1.82, 2.24) is 4.90 Å². The van der Waals surface area contributed by atoms with Gasteiger partial charge in [0, 0.05) is 49.8 Å². The number of benzene rings is 3. The fourth-order valence-corrected chi connectivity index (χ4v) is 3.73. The van der Waals surface area contributed by atoms with E-state index in [-0.39, 0.29) is 5.91 Å². The summed E-state index contributed by atoms with van der Waals surface area (Å²) < 4.78 is 5.42. The van der Waals surface area contributed by atoms with Gasteiger partial charge < -0.3 is 9.73 Å². The van der Waals surface area contributed by atoms with Gasteiger partial charge in [0.15, 0.2) is 0 Å². The van der Waals surface area contributed by atoms with Gasteiger partial charge in [-0.25, -0.2) is 4.79 Å². The molecule has 0 bridgehead atoms. The van der Waals surface area contributed by atoms with Gasteiger partial charge in [-0.15, -0.1) is 0 Å². The second kappa shape index (κ2) is 9.41. The molecular formula is C26H24N2O3. The Labute approximate surface area is 180 Å². The largest absolute Gasteiger partial charge is 0.423 e. The maximum Gasteiger partial charge on any atom is 0.336 e. The quantitative estimate of drug-likeness (QED) is 0.436. The molecule has 4 rings (SSSR count). The molecule has 0 saturated heterocycles. The summed E-state index contributed by atoms with van der Waals surface area (Å²) >= 11 is 0. The van der Waals surface area contributed by atoms with Crippen LogP contribution in [0, 0.1) is 0 Å². The van der Waals surface area contributed by atoms with E-state index in [1.54, 1.807) is 12.1 Å². The van der Waals surface area contributed by atoms with Crippen LogP contribution in [0.2, 0.25) is 0 Å². The molecule has 0 aliphatic heterocycles. The lowest BCUT2D eigenvalue weighted by Crippen LogP contribution is -2.23. The molecular weight excluding hydrogens is 388 g/mol. The molecule has 1 N–H and O–H groups in total. The zero-order chi connectivity index (χ0) is 21.6. The molecule has 1 heterocycles. The number of fused-ring (bicyclic) bond motifs is 1. The van der Waals surface area contributed by atoms with E-state index in [1.165, 1.54) is 18.1 Å². The van der Waals surface area contributed by atoms with Crippen LogP contribution < -0.4 is 10.9 Å². The third-order valence-corrected chi connectivity index (χ3v) is 5.04. The minimum absolute atomic E-state index is 0.172. The lowest BCUT2D eigenvalue weighted by molar-refractivity contribution is -0.114. The first-order valence-corrected chi connectivity index (χ1v) is 10.2. The number of rotatable bonds is 7. The van der Waals surface area contributed by atoms with Gasteiger partial charge >= 0.3 is 5.63 Å². The van der Waals surface area contributed by atoms with E-state index < -0.39 is 5.63 Å². The monoisotopic (exact) mass is 412 g/mol. The van der Waals surface area contributed by atoms with E-state index in [0.29, 0.717) is 17.8 Å². The molecule has 0 aliphatic carbocycles. The number of carbonyl (C=O) groups excluding carboxylic acids is 1. The van der Waals surface area contributed by atoms with Crippen LogP contribution >= 0.6 is 0 Å². The van der Waals surface area contributed by atoms with Gasteiger partial charge in [-0.2, -0.15) is 0 Å². The molecule has 1 aromatic heterocycles.